The van der Waals surface area contributed by atoms with Crippen LogP contribution < -0.4 is 4.90 Å². The molecule has 0 bridgehead atoms. The van der Waals surface area contributed by atoms with Crippen molar-refractivity contribution in [2.24, 2.45) is 0 Å². The van der Waals surface area contributed by atoms with Crippen LogP contribution in [0.4, 0.5) is 5.69 Å². The third kappa shape index (κ3) is 4.09. The average molecular weight is 262 g/mol. The van der Waals surface area contributed by atoms with Crippen molar-refractivity contribution >= 4 is 17.5 Å². The lowest BCUT2D eigenvalue weighted by Gasteiger charge is -2.26. The number of carbonyl (C=O) groups is 2. The molecular weight excluding hydrogens is 240 g/mol. The van der Waals surface area contributed by atoms with Gasteiger partial charge in [-0.25, -0.2) is 0 Å². The van der Waals surface area contributed by atoms with E-state index in [1.807, 2.05) is 44.2 Å². The summed E-state index contributed by atoms with van der Waals surface area (Å²) in [5.41, 5.74) is 0.773. The van der Waals surface area contributed by atoms with Crippen LogP contribution in [0.2, 0.25) is 0 Å². The predicted molar refractivity (Wildman–Crippen MR) is 77.0 cm³/mol. The topological polar surface area (TPSA) is 40.6 Å². The predicted octanol–water partition coefficient (Wildman–Crippen LogP) is 2.30. The van der Waals surface area contributed by atoms with Gasteiger partial charge in [-0.3, -0.25) is 9.59 Å². The minimum absolute atomic E-state index is 0.0179. The largest absolute Gasteiger partial charge is 0.342 e. The van der Waals surface area contributed by atoms with Crippen LogP contribution in [-0.2, 0) is 9.59 Å². The molecule has 1 rings (SSSR count). The first-order valence-corrected chi connectivity index (χ1v) is 6.77. The highest BCUT2D eigenvalue weighted by Gasteiger charge is 2.19. The maximum atomic E-state index is 12.1. The van der Waals surface area contributed by atoms with Crippen molar-refractivity contribution in [1.82, 2.24) is 4.90 Å². The lowest BCUT2D eigenvalue weighted by molar-refractivity contribution is -0.131. The highest BCUT2D eigenvalue weighted by Crippen LogP contribution is 2.14. The van der Waals surface area contributed by atoms with Crippen molar-refractivity contribution in [2.45, 2.75) is 27.2 Å². The number of hydrogen-bond acceptors (Lipinski definition) is 2. The molecule has 4 heteroatoms. The molecule has 0 aliphatic carbocycles. The van der Waals surface area contributed by atoms with Gasteiger partial charge in [0, 0.05) is 25.2 Å². The zero-order valence-corrected chi connectivity index (χ0v) is 11.9. The van der Waals surface area contributed by atoms with Gasteiger partial charge in [0.25, 0.3) is 0 Å². The fraction of sp³-hybridized carbons (Fsp3) is 0.467. The van der Waals surface area contributed by atoms with Gasteiger partial charge in [-0.2, -0.15) is 0 Å². The summed E-state index contributed by atoms with van der Waals surface area (Å²) in [6, 6.07) is 9.33. The first-order valence-electron chi connectivity index (χ1n) is 6.77. The molecule has 0 unspecified atom stereocenters. The number of benzene rings is 1. The van der Waals surface area contributed by atoms with E-state index >= 15 is 0 Å². The molecule has 0 N–H and O–H groups in total. The van der Waals surface area contributed by atoms with Crippen LogP contribution >= 0.6 is 0 Å². The van der Waals surface area contributed by atoms with Crippen LogP contribution in [0.3, 0.4) is 0 Å². The molecule has 0 aliphatic rings. The Labute approximate surface area is 115 Å². The summed E-state index contributed by atoms with van der Waals surface area (Å²) in [6.45, 7) is 7.13. The van der Waals surface area contributed by atoms with E-state index in [1.165, 1.54) is 0 Å². The van der Waals surface area contributed by atoms with Gasteiger partial charge in [0.2, 0.25) is 11.8 Å². The van der Waals surface area contributed by atoms with Crippen molar-refractivity contribution < 1.29 is 9.59 Å². The highest BCUT2D eigenvalue weighted by molar-refractivity contribution is 5.98. The molecule has 104 valence electrons. The first-order chi connectivity index (χ1) is 9.13. The number of hydrogen-bond donors (Lipinski definition) is 0. The standard InChI is InChI=1S/C15H22N2O2/c1-4-14(18)17(13-10-8-7-9-11-13)12-15(19)16(5-2)6-3/h7-11H,4-6,12H2,1-3H3. The van der Waals surface area contributed by atoms with E-state index in [4.69, 9.17) is 0 Å². The van der Waals surface area contributed by atoms with Gasteiger partial charge in [0.1, 0.15) is 6.54 Å². The molecule has 0 aliphatic heterocycles. The van der Waals surface area contributed by atoms with Gasteiger partial charge in [-0.1, -0.05) is 25.1 Å². The highest BCUT2D eigenvalue weighted by atomic mass is 16.2. The van der Waals surface area contributed by atoms with Gasteiger partial charge in [-0.15, -0.1) is 0 Å². The molecule has 1 aromatic carbocycles. The van der Waals surface area contributed by atoms with Crippen molar-refractivity contribution in [2.75, 3.05) is 24.5 Å². The van der Waals surface area contributed by atoms with Crippen LogP contribution in [0, 0.1) is 0 Å². The number of amides is 2. The number of para-hydroxylation sites is 1. The maximum absolute atomic E-state index is 12.1. The molecular formula is C15H22N2O2. The van der Waals surface area contributed by atoms with Gasteiger partial charge >= 0.3 is 0 Å². The van der Waals surface area contributed by atoms with E-state index in [2.05, 4.69) is 0 Å². The normalized spacial score (nSPS) is 10.1. The lowest BCUT2D eigenvalue weighted by Crippen LogP contribution is -2.42. The smallest absolute Gasteiger partial charge is 0.242 e. The van der Waals surface area contributed by atoms with E-state index < -0.39 is 0 Å². The van der Waals surface area contributed by atoms with E-state index in [1.54, 1.807) is 16.7 Å². The Morgan fingerprint density at radius 3 is 2.00 bits per heavy atom. The van der Waals surface area contributed by atoms with E-state index in [0.29, 0.717) is 19.5 Å². The molecule has 1 aromatic rings. The second kappa shape index (κ2) is 7.56. The molecule has 0 fully saturated rings. The SMILES string of the molecule is CCC(=O)N(CC(=O)N(CC)CC)c1ccccc1. The number of rotatable bonds is 6. The van der Waals surface area contributed by atoms with Crippen molar-refractivity contribution in [3.63, 3.8) is 0 Å². The van der Waals surface area contributed by atoms with Crippen LogP contribution in [0.1, 0.15) is 27.2 Å². The Morgan fingerprint density at radius 1 is 0.947 bits per heavy atom. The molecule has 0 aromatic heterocycles. The first kappa shape index (κ1) is 15.2. The molecule has 19 heavy (non-hydrogen) atoms. The average Bonchev–Trinajstić information content (AvgIpc) is 2.46. The van der Waals surface area contributed by atoms with Crippen LogP contribution in [-0.4, -0.2) is 36.3 Å². The second-order valence-corrected chi connectivity index (χ2v) is 4.24. The zero-order valence-electron chi connectivity index (χ0n) is 11.9. The second-order valence-electron chi connectivity index (χ2n) is 4.24. The van der Waals surface area contributed by atoms with E-state index in [0.717, 1.165) is 5.69 Å². The van der Waals surface area contributed by atoms with Gasteiger partial charge in [0.05, 0.1) is 0 Å². The van der Waals surface area contributed by atoms with Gasteiger partial charge < -0.3 is 9.80 Å². The van der Waals surface area contributed by atoms with Gasteiger partial charge in [-0.05, 0) is 26.0 Å². The number of likely N-dealkylation sites (N-methyl/N-ethyl adjacent to an activating group) is 1. The summed E-state index contributed by atoms with van der Waals surface area (Å²) in [4.78, 5) is 27.4. The third-order valence-electron chi connectivity index (χ3n) is 3.08. The quantitative estimate of drug-likeness (QED) is 0.789. The monoisotopic (exact) mass is 262 g/mol. The molecule has 0 saturated heterocycles. The zero-order chi connectivity index (χ0) is 14.3. The Hall–Kier alpha value is -1.84. The van der Waals surface area contributed by atoms with Crippen molar-refractivity contribution in [3.05, 3.63) is 30.3 Å². The summed E-state index contributed by atoms with van der Waals surface area (Å²) in [5.74, 6) is -0.0534. The third-order valence-corrected chi connectivity index (χ3v) is 3.08. The van der Waals surface area contributed by atoms with Crippen molar-refractivity contribution in [1.29, 1.82) is 0 Å². The fourth-order valence-electron chi connectivity index (χ4n) is 1.93. The van der Waals surface area contributed by atoms with Crippen LogP contribution in [0.15, 0.2) is 30.3 Å². The fourth-order valence-corrected chi connectivity index (χ4v) is 1.93. The number of anilines is 1. The number of carbonyl (C=O) groups excluding carboxylic acids is 2. The Bertz CT molecular complexity index is 413. The Balaban J connectivity index is 2.88. The molecule has 0 saturated carbocycles. The molecule has 0 radical (unpaired) electrons. The summed E-state index contributed by atoms with van der Waals surface area (Å²) in [5, 5.41) is 0. The summed E-state index contributed by atoms with van der Waals surface area (Å²) in [6.07, 6.45) is 0.389. The maximum Gasteiger partial charge on any atom is 0.242 e. The van der Waals surface area contributed by atoms with Crippen LogP contribution in [0.5, 0.6) is 0 Å². The molecule has 2 amide bonds. The summed E-state index contributed by atoms with van der Waals surface area (Å²) < 4.78 is 0. The van der Waals surface area contributed by atoms with Crippen molar-refractivity contribution in [3.8, 4) is 0 Å². The van der Waals surface area contributed by atoms with E-state index in [-0.39, 0.29) is 18.4 Å². The minimum atomic E-state index is -0.0355. The Kier molecular flexibility index (Phi) is 6.06. The van der Waals surface area contributed by atoms with Gasteiger partial charge in [0.15, 0.2) is 0 Å². The minimum Gasteiger partial charge on any atom is -0.342 e. The van der Waals surface area contributed by atoms with E-state index in [9.17, 15) is 9.59 Å². The lowest BCUT2D eigenvalue weighted by atomic mass is 10.2. The number of nitrogens with zero attached hydrogens (tertiary/aromatic N) is 2. The molecule has 0 spiro atoms. The summed E-state index contributed by atoms with van der Waals surface area (Å²) in [7, 11) is 0. The van der Waals surface area contributed by atoms with Crippen LogP contribution in [0.25, 0.3) is 0 Å². The molecule has 0 atom stereocenters. The Morgan fingerprint density at radius 2 is 1.53 bits per heavy atom. The molecule has 4 nitrogen and oxygen atoms in total. The summed E-state index contributed by atoms with van der Waals surface area (Å²) >= 11 is 0. The molecule has 0 heterocycles.